The molecule has 2 aromatic rings. The van der Waals surface area contributed by atoms with Crippen molar-refractivity contribution in [3.63, 3.8) is 0 Å². The normalized spacial score (nSPS) is 17.2. The zero-order valence-corrected chi connectivity index (χ0v) is 17.5. The number of carbonyl (C=O) groups is 3. The Labute approximate surface area is 180 Å². The first-order valence-corrected chi connectivity index (χ1v) is 10.3. The minimum atomic E-state index is -0.362. The van der Waals surface area contributed by atoms with Crippen molar-refractivity contribution in [1.29, 1.82) is 0 Å². The average molecular weight is 423 g/mol. The van der Waals surface area contributed by atoms with Crippen LogP contribution < -0.4 is 20.1 Å². The van der Waals surface area contributed by atoms with E-state index in [1.807, 2.05) is 32.0 Å². The minimum Gasteiger partial charge on any atom is -0.454 e. The lowest BCUT2D eigenvalue weighted by atomic mass is 10.1. The summed E-state index contributed by atoms with van der Waals surface area (Å²) >= 11 is 0. The summed E-state index contributed by atoms with van der Waals surface area (Å²) in [5, 5.41) is 5.70. The summed E-state index contributed by atoms with van der Waals surface area (Å²) in [6.07, 6.45) is 0.227. The van der Waals surface area contributed by atoms with Crippen molar-refractivity contribution in [2.75, 3.05) is 18.7 Å². The molecule has 2 aromatic carbocycles. The van der Waals surface area contributed by atoms with Gasteiger partial charge >= 0.3 is 0 Å². The van der Waals surface area contributed by atoms with Crippen LogP contribution in [0.25, 0.3) is 0 Å². The molecule has 0 radical (unpaired) electrons. The largest absolute Gasteiger partial charge is 0.454 e. The Hall–Kier alpha value is -3.55. The van der Waals surface area contributed by atoms with Crippen LogP contribution in [-0.4, -0.2) is 42.0 Å². The lowest BCUT2D eigenvalue weighted by Gasteiger charge is -2.20. The number of anilines is 1. The van der Waals surface area contributed by atoms with Gasteiger partial charge in [0.05, 0.1) is 5.92 Å². The van der Waals surface area contributed by atoms with Crippen LogP contribution in [-0.2, 0) is 16.1 Å². The third kappa shape index (κ3) is 4.63. The molecule has 1 atom stereocenters. The second-order valence-electron chi connectivity index (χ2n) is 7.98. The number of fused-ring (bicyclic) bond motifs is 1. The van der Waals surface area contributed by atoms with Gasteiger partial charge in [0.2, 0.25) is 18.6 Å². The summed E-state index contributed by atoms with van der Waals surface area (Å²) in [5.74, 6) is 0.615. The van der Waals surface area contributed by atoms with Crippen molar-refractivity contribution >= 4 is 23.4 Å². The van der Waals surface area contributed by atoms with Gasteiger partial charge in [-0.05, 0) is 55.8 Å². The maximum Gasteiger partial charge on any atom is 0.251 e. The zero-order valence-electron chi connectivity index (χ0n) is 17.5. The maximum atomic E-state index is 12.5. The van der Waals surface area contributed by atoms with Gasteiger partial charge in [0.1, 0.15) is 0 Å². The molecular weight excluding hydrogens is 398 g/mol. The molecule has 0 aliphatic carbocycles. The Morgan fingerprint density at radius 2 is 1.84 bits per heavy atom. The number of benzene rings is 2. The van der Waals surface area contributed by atoms with Crippen molar-refractivity contribution in [3.05, 3.63) is 53.6 Å². The highest BCUT2D eigenvalue weighted by Crippen LogP contribution is 2.32. The molecule has 0 saturated carbocycles. The van der Waals surface area contributed by atoms with Crippen molar-refractivity contribution < 1.29 is 23.9 Å². The van der Waals surface area contributed by atoms with E-state index in [9.17, 15) is 14.4 Å². The number of carbonyl (C=O) groups excluding carboxylic acids is 3. The van der Waals surface area contributed by atoms with Crippen LogP contribution >= 0.6 is 0 Å². The van der Waals surface area contributed by atoms with Crippen LogP contribution in [0.1, 0.15) is 36.2 Å². The molecule has 8 heteroatoms. The quantitative estimate of drug-likeness (QED) is 0.744. The van der Waals surface area contributed by atoms with Crippen LogP contribution in [0.3, 0.4) is 0 Å². The molecular formula is C23H25N3O5. The van der Waals surface area contributed by atoms with Gasteiger partial charge in [-0.25, -0.2) is 0 Å². The number of nitrogens with one attached hydrogen (secondary N) is 2. The van der Waals surface area contributed by atoms with E-state index >= 15 is 0 Å². The molecule has 1 fully saturated rings. The summed E-state index contributed by atoms with van der Waals surface area (Å²) in [7, 11) is 0. The molecule has 0 aromatic heterocycles. The first-order chi connectivity index (χ1) is 14.9. The summed E-state index contributed by atoms with van der Waals surface area (Å²) in [6, 6.07) is 12.3. The van der Waals surface area contributed by atoms with E-state index < -0.39 is 0 Å². The van der Waals surface area contributed by atoms with Gasteiger partial charge in [0, 0.05) is 36.8 Å². The standard InChI is InChI=1S/C23H25N3O5/c1-14(2)26-12-17(10-21(26)27)23(29)25-18-6-4-16(5-7-18)22(28)24-11-15-3-8-19-20(9-15)31-13-30-19/h3-9,14,17H,10-13H2,1-2H3,(H,24,28)(H,25,29). The van der Waals surface area contributed by atoms with Crippen molar-refractivity contribution in [2.24, 2.45) is 5.92 Å². The van der Waals surface area contributed by atoms with Crippen LogP contribution in [0.2, 0.25) is 0 Å². The number of hydrogen-bond donors (Lipinski definition) is 2. The Morgan fingerprint density at radius 1 is 1.10 bits per heavy atom. The molecule has 3 amide bonds. The van der Waals surface area contributed by atoms with E-state index in [-0.39, 0.29) is 42.9 Å². The predicted molar refractivity (Wildman–Crippen MR) is 114 cm³/mol. The monoisotopic (exact) mass is 423 g/mol. The van der Waals surface area contributed by atoms with Crippen LogP contribution in [0, 0.1) is 5.92 Å². The zero-order chi connectivity index (χ0) is 22.0. The second kappa shape index (κ2) is 8.67. The predicted octanol–water partition coefficient (Wildman–Crippen LogP) is 2.54. The Morgan fingerprint density at radius 3 is 2.55 bits per heavy atom. The maximum absolute atomic E-state index is 12.5. The number of amides is 3. The molecule has 2 heterocycles. The number of likely N-dealkylation sites (tertiary alicyclic amines) is 1. The number of hydrogen-bond acceptors (Lipinski definition) is 5. The first-order valence-electron chi connectivity index (χ1n) is 10.3. The van der Waals surface area contributed by atoms with Gasteiger partial charge in [-0.1, -0.05) is 6.07 Å². The van der Waals surface area contributed by atoms with E-state index in [0.717, 1.165) is 5.56 Å². The van der Waals surface area contributed by atoms with Gasteiger partial charge < -0.3 is 25.0 Å². The highest BCUT2D eigenvalue weighted by Gasteiger charge is 2.35. The topological polar surface area (TPSA) is 97.0 Å². The SMILES string of the molecule is CC(C)N1CC(C(=O)Nc2ccc(C(=O)NCc3ccc4c(c3)OCO4)cc2)CC1=O. The molecule has 2 aliphatic rings. The van der Waals surface area contributed by atoms with Crippen molar-refractivity contribution in [3.8, 4) is 11.5 Å². The number of nitrogens with zero attached hydrogens (tertiary/aromatic N) is 1. The number of rotatable bonds is 6. The summed E-state index contributed by atoms with van der Waals surface area (Å²) in [5.41, 5.74) is 1.98. The molecule has 8 nitrogen and oxygen atoms in total. The lowest BCUT2D eigenvalue weighted by molar-refractivity contribution is -0.129. The molecule has 1 saturated heterocycles. The fourth-order valence-electron chi connectivity index (χ4n) is 3.69. The fourth-order valence-corrected chi connectivity index (χ4v) is 3.69. The molecule has 0 bridgehead atoms. The fraction of sp³-hybridized carbons (Fsp3) is 0.348. The van der Waals surface area contributed by atoms with E-state index in [1.54, 1.807) is 29.2 Å². The molecule has 2 aliphatic heterocycles. The van der Waals surface area contributed by atoms with Gasteiger partial charge in [0.15, 0.2) is 11.5 Å². The molecule has 1 unspecified atom stereocenters. The third-order valence-corrected chi connectivity index (χ3v) is 5.46. The van der Waals surface area contributed by atoms with Gasteiger partial charge in [-0.2, -0.15) is 0 Å². The van der Waals surface area contributed by atoms with Gasteiger partial charge in [0.25, 0.3) is 5.91 Å². The first kappa shape index (κ1) is 20.7. The summed E-state index contributed by atoms with van der Waals surface area (Å²) in [4.78, 5) is 38.7. The molecule has 2 N–H and O–H groups in total. The average Bonchev–Trinajstić information content (AvgIpc) is 3.38. The van der Waals surface area contributed by atoms with E-state index in [4.69, 9.17) is 9.47 Å². The minimum absolute atomic E-state index is 0.00429. The van der Waals surface area contributed by atoms with E-state index in [0.29, 0.717) is 35.8 Å². The van der Waals surface area contributed by atoms with Gasteiger partial charge in [-0.15, -0.1) is 0 Å². The van der Waals surface area contributed by atoms with Crippen molar-refractivity contribution in [2.45, 2.75) is 32.9 Å². The highest BCUT2D eigenvalue weighted by molar-refractivity contribution is 5.98. The summed E-state index contributed by atoms with van der Waals surface area (Å²) < 4.78 is 10.6. The highest BCUT2D eigenvalue weighted by atomic mass is 16.7. The smallest absolute Gasteiger partial charge is 0.251 e. The Balaban J connectivity index is 1.30. The Bertz CT molecular complexity index is 1000. The van der Waals surface area contributed by atoms with Crippen LogP contribution in [0.4, 0.5) is 5.69 Å². The second-order valence-corrected chi connectivity index (χ2v) is 7.98. The number of ether oxygens (including phenoxy) is 2. The molecule has 31 heavy (non-hydrogen) atoms. The summed E-state index contributed by atoms with van der Waals surface area (Å²) in [6.45, 7) is 4.88. The molecule has 162 valence electrons. The van der Waals surface area contributed by atoms with Crippen LogP contribution in [0.15, 0.2) is 42.5 Å². The molecule has 0 spiro atoms. The third-order valence-electron chi connectivity index (χ3n) is 5.46. The van der Waals surface area contributed by atoms with E-state index in [1.165, 1.54) is 0 Å². The van der Waals surface area contributed by atoms with E-state index in [2.05, 4.69) is 10.6 Å². The van der Waals surface area contributed by atoms with Gasteiger partial charge in [-0.3, -0.25) is 14.4 Å². The van der Waals surface area contributed by atoms with Crippen molar-refractivity contribution in [1.82, 2.24) is 10.2 Å². The Kier molecular flexibility index (Phi) is 5.79. The lowest BCUT2D eigenvalue weighted by Crippen LogP contribution is -2.33. The molecule has 4 rings (SSSR count). The van der Waals surface area contributed by atoms with Crippen LogP contribution in [0.5, 0.6) is 11.5 Å².